The fourth-order valence-electron chi connectivity index (χ4n) is 4.28. The molecule has 170 valence electrons. The van der Waals surface area contributed by atoms with Crippen molar-refractivity contribution in [2.24, 2.45) is 0 Å². The normalized spacial score (nSPS) is 11.9. The van der Waals surface area contributed by atoms with Gasteiger partial charge in [0.05, 0.1) is 7.11 Å². The zero-order valence-corrected chi connectivity index (χ0v) is 19.8. The highest BCUT2D eigenvalue weighted by molar-refractivity contribution is 6.00. The Morgan fingerprint density at radius 1 is 0.710 bits per heavy atom. The second-order valence-corrected chi connectivity index (χ2v) is 8.73. The quantitative estimate of drug-likeness (QED) is 0.188. The van der Waals surface area contributed by atoms with Crippen molar-refractivity contribution in [1.29, 1.82) is 0 Å². The van der Waals surface area contributed by atoms with Crippen molar-refractivity contribution in [2.75, 3.05) is 7.11 Å². The van der Waals surface area contributed by atoms with Gasteiger partial charge in [0.2, 0.25) is 0 Å². The number of ketones is 1. The minimum absolute atomic E-state index is 0.0728. The van der Waals surface area contributed by atoms with Crippen molar-refractivity contribution in [2.45, 2.75) is 96.3 Å². The summed E-state index contributed by atoms with van der Waals surface area (Å²) in [5.74, 6) is 0.991. The van der Waals surface area contributed by atoms with E-state index in [4.69, 9.17) is 4.74 Å². The Balaban J connectivity index is 1.74. The molecule has 0 amide bonds. The van der Waals surface area contributed by atoms with Gasteiger partial charge in [-0.15, -0.1) is 0 Å². The smallest absolute Gasteiger partial charge is 0.170 e. The summed E-state index contributed by atoms with van der Waals surface area (Å²) in [6.45, 7) is 2.27. The molecule has 2 aromatic carbocycles. The summed E-state index contributed by atoms with van der Waals surface area (Å²) in [6, 6.07) is 17.7. The van der Waals surface area contributed by atoms with Crippen LogP contribution < -0.4 is 4.74 Å². The average molecular weight is 423 g/mol. The van der Waals surface area contributed by atoms with E-state index in [0.29, 0.717) is 0 Å². The van der Waals surface area contributed by atoms with E-state index in [-0.39, 0.29) is 11.7 Å². The highest BCUT2D eigenvalue weighted by atomic mass is 16.5. The third-order valence-corrected chi connectivity index (χ3v) is 6.24. The number of hydrogen-bond acceptors (Lipinski definition) is 2. The molecule has 0 saturated heterocycles. The van der Waals surface area contributed by atoms with E-state index in [9.17, 15) is 4.79 Å². The summed E-state index contributed by atoms with van der Waals surface area (Å²) in [7, 11) is 1.67. The Hall–Kier alpha value is -2.09. The maximum atomic E-state index is 13.2. The van der Waals surface area contributed by atoms with Gasteiger partial charge in [0.25, 0.3) is 0 Å². The number of carbonyl (C=O) groups excluding carboxylic acids is 1. The zero-order valence-electron chi connectivity index (χ0n) is 19.8. The maximum absolute atomic E-state index is 13.2. The van der Waals surface area contributed by atoms with Gasteiger partial charge in [0, 0.05) is 11.5 Å². The molecule has 0 bridgehead atoms. The molecule has 2 heteroatoms. The number of Topliss-reactive ketones (excluding diaryl/α,β-unsaturated/α-hetero) is 1. The molecule has 0 radical (unpaired) electrons. The predicted octanol–water partition coefficient (Wildman–Crippen LogP) is 8.75. The van der Waals surface area contributed by atoms with Crippen LogP contribution >= 0.6 is 0 Å². The topological polar surface area (TPSA) is 26.3 Å². The first-order valence-electron chi connectivity index (χ1n) is 12.5. The van der Waals surface area contributed by atoms with Crippen LogP contribution in [0.2, 0.25) is 0 Å². The number of ether oxygens (including phenoxy) is 1. The van der Waals surface area contributed by atoms with Gasteiger partial charge in [0.15, 0.2) is 5.78 Å². The minimum Gasteiger partial charge on any atom is -0.497 e. The first kappa shape index (κ1) is 25.2. The second-order valence-electron chi connectivity index (χ2n) is 8.73. The van der Waals surface area contributed by atoms with Crippen LogP contribution in [0.4, 0.5) is 0 Å². The molecule has 1 atom stereocenters. The summed E-state index contributed by atoms with van der Waals surface area (Å²) >= 11 is 0. The van der Waals surface area contributed by atoms with E-state index in [1.807, 2.05) is 54.6 Å². The predicted molar refractivity (Wildman–Crippen MR) is 132 cm³/mol. The molecular weight excluding hydrogens is 380 g/mol. The van der Waals surface area contributed by atoms with Crippen LogP contribution in [0.25, 0.3) is 0 Å². The minimum atomic E-state index is -0.0728. The van der Waals surface area contributed by atoms with Crippen LogP contribution in [-0.2, 0) is 0 Å². The lowest BCUT2D eigenvalue weighted by atomic mass is 9.86. The first-order valence-corrected chi connectivity index (χ1v) is 12.5. The summed E-state index contributed by atoms with van der Waals surface area (Å²) in [6.07, 6.45) is 16.9. The fourth-order valence-corrected chi connectivity index (χ4v) is 4.28. The molecule has 0 saturated carbocycles. The van der Waals surface area contributed by atoms with Crippen LogP contribution in [0.15, 0.2) is 54.6 Å². The van der Waals surface area contributed by atoms with Crippen LogP contribution in [0, 0.1) is 0 Å². The third-order valence-electron chi connectivity index (χ3n) is 6.24. The largest absolute Gasteiger partial charge is 0.497 e. The van der Waals surface area contributed by atoms with Gasteiger partial charge in [0.1, 0.15) is 5.75 Å². The van der Waals surface area contributed by atoms with E-state index in [0.717, 1.165) is 29.7 Å². The molecule has 0 fully saturated rings. The molecule has 1 unspecified atom stereocenters. The highest BCUT2D eigenvalue weighted by Gasteiger charge is 2.21. The molecule has 0 aliphatic heterocycles. The Morgan fingerprint density at radius 2 is 1.23 bits per heavy atom. The molecule has 0 spiro atoms. The Morgan fingerprint density at radius 3 is 1.74 bits per heavy atom. The SMILES string of the molecule is CCCCCCCCCCCCCCC(C(=O)c1ccccc1)c1ccc(OC)cc1. The lowest BCUT2D eigenvalue weighted by Gasteiger charge is -2.17. The molecule has 2 aromatic rings. The van der Waals surface area contributed by atoms with Crippen molar-refractivity contribution >= 4 is 5.78 Å². The Kier molecular flexibility index (Phi) is 12.7. The van der Waals surface area contributed by atoms with Gasteiger partial charge in [-0.25, -0.2) is 0 Å². The lowest BCUT2D eigenvalue weighted by Crippen LogP contribution is -2.13. The fraction of sp³-hybridized carbons (Fsp3) is 0.552. The van der Waals surface area contributed by atoms with Gasteiger partial charge in [-0.3, -0.25) is 4.79 Å². The summed E-state index contributed by atoms with van der Waals surface area (Å²) in [5.41, 5.74) is 1.90. The Labute approximate surface area is 190 Å². The number of carbonyl (C=O) groups is 1. The second kappa shape index (κ2) is 15.7. The van der Waals surface area contributed by atoms with Gasteiger partial charge in [-0.2, -0.15) is 0 Å². The van der Waals surface area contributed by atoms with Gasteiger partial charge in [-0.1, -0.05) is 126 Å². The lowest BCUT2D eigenvalue weighted by molar-refractivity contribution is 0.0953. The van der Waals surface area contributed by atoms with Crippen LogP contribution in [0.5, 0.6) is 5.75 Å². The van der Waals surface area contributed by atoms with Gasteiger partial charge < -0.3 is 4.74 Å². The molecule has 31 heavy (non-hydrogen) atoms. The summed E-state index contributed by atoms with van der Waals surface area (Å²) < 4.78 is 5.29. The maximum Gasteiger partial charge on any atom is 0.170 e. The molecule has 0 aliphatic rings. The standard InChI is InChI=1S/C29H42O2/c1-3-4-5-6-7-8-9-10-11-12-13-17-20-28(25-21-23-27(31-2)24-22-25)29(30)26-18-15-14-16-19-26/h14-16,18-19,21-24,28H,3-13,17,20H2,1-2H3. The highest BCUT2D eigenvalue weighted by Crippen LogP contribution is 2.28. The molecular formula is C29H42O2. The van der Waals surface area contributed by atoms with Gasteiger partial charge in [-0.05, 0) is 24.1 Å². The summed E-state index contributed by atoms with van der Waals surface area (Å²) in [4.78, 5) is 13.2. The van der Waals surface area contributed by atoms with E-state index < -0.39 is 0 Å². The third kappa shape index (κ3) is 9.72. The van der Waals surface area contributed by atoms with Crippen LogP contribution in [0.3, 0.4) is 0 Å². The summed E-state index contributed by atoms with van der Waals surface area (Å²) in [5, 5.41) is 0. The number of unbranched alkanes of at least 4 members (excludes halogenated alkanes) is 11. The first-order chi connectivity index (χ1) is 15.3. The zero-order chi connectivity index (χ0) is 22.2. The van der Waals surface area contributed by atoms with Crippen molar-refractivity contribution in [3.8, 4) is 5.75 Å². The number of methoxy groups -OCH3 is 1. The van der Waals surface area contributed by atoms with Crippen molar-refractivity contribution in [1.82, 2.24) is 0 Å². The number of hydrogen-bond donors (Lipinski definition) is 0. The number of rotatable bonds is 17. The van der Waals surface area contributed by atoms with Crippen LogP contribution in [0.1, 0.15) is 112 Å². The van der Waals surface area contributed by atoms with Crippen molar-refractivity contribution in [3.05, 3.63) is 65.7 Å². The van der Waals surface area contributed by atoms with E-state index in [2.05, 4.69) is 6.92 Å². The van der Waals surface area contributed by atoms with E-state index >= 15 is 0 Å². The molecule has 0 N–H and O–H groups in total. The van der Waals surface area contributed by atoms with Crippen LogP contribution in [-0.4, -0.2) is 12.9 Å². The molecule has 0 aliphatic carbocycles. The van der Waals surface area contributed by atoms with Gasteiger partial charge >= 0.3 is 0 Å². The molecule has 0 aromatic heterocycles. The Bertz CT molecular complexity index is 705. The van der Waals surface area contributed by atoms with E-state index in [1.165, 1.54) is 70.6 Å². The number of benzene rings is 2. The molecule has 2 nitrogen and oxygen atoms in total. The molecule has 2 rings (SSSR count). The average Bonchev–Trinajstić information content (AvgIpc) is 2.82. The van der Waals surface area contributed by atoms with E-state index in [1.54, 1.807) is 7.11 Å². The van der Waals surface area contributed by atoms with Crippen molar-refractivity contribution in [3.63, 3.8) is 0 Å². The molecule has 0 heterocycles. The van der Waals surface area contributed by atoms with Crippen molar-refractivity contribution < 1.29 is 9.53 Å². The monoisotopic (exact) mass is 422 g/mol.